The lowest BCUT2D eigenvalue weighted by molar-refractivity contribution is 0.590. The van der Waals surface area contributed by atoms with E-state index in [1.54, 1.807) is 6.07 Å². The van der Waals surface area contributed by atoms with Gasteiger partial charge >= 0.3 is 0 Å². The standard InChI is InChI=1S/C18H25N3O/c1-5-6-7-15-12-16(22)21-17(20-15)19-14-10-8-13(9-11-14)18(2,3)4/h8-12H,5-7H2,1-4H3,(H2,19,20,21,22). The smallest absolute Gasteiger partial charge is 0.252 e. The van der Waals surface area contributed by atoms with E-state index in [0.29, 0.717) is 5.95 Å². The van der Waals surface area contributed by atoms with E-state index >= 15 is 0 Å². The predicted octanol–water partition coefficient (Wildman–Crippen LogP) is 4.15. The highest BCUT2D eigenvalue weighted by Gasteiger charge is 2.12. The second-order valence-corrected chi connectivity index (χ2v) is 6.64. The van der Waals surface area contributed by atoms with Gasteiger partial charge in [0.15, 0.2) is 0 Å². The highest BCUT2D eigenvalue weighted by Crippen LogP contribution is 2.24. The van der Waals surface area contributed by atoms with Crippen molar-refractivity contribution in [3.8, 4) is 0 Å². The third kappa shape index (κ3) is 4.45. The number of nitrogens with zero attached hydrogens (tertiary/aromatic N) is 1. The highest BCUT2D eigenvalue weighted by atomic mass is 16.1. The van der Waals surface area contributed by atoms with Gasteiger partial charge in [0.25, 0.3) is 5.56 Å². The second kappa shape index (κ2) is 6.77. The fraction of sp³-hybridized carbons (Fsp3) is 0.444. The van der Waals surface area contributed by atoms with Crippen LogP contribution in [0.4, 0.5) is 11.6 Å². The molecule has 2 N–H and O–H groups in total. The molecule has 0 atom stereocenters. The van der Waals surface area contributed by atoms with Crippen LogP contribution in [0.5, 0.6) is 0 Å². The van der Waals surface area contributed by atoms with Crippen LogP contribution in [-0.4, -0.2) is 9.97 Å². The fourth-order valence-electron chi connectivity index (χ4n) is 2.24. The number of unbranched alkanes of at least 4 members (excludes halogenated alkanes) is 1. The summed E-state index contributed by atoms with van der Waals surface area (Å²) in [5.41, 5.74) is 3.04. The minimum atomic E-state index is -0.116. The molecule has 4 nitrogen and oxygen atoms in total. The average Bonchev–Trinajstić information content (AvgIpc) is 2.44. The first-order valence-electron chi connectivity index (χ1n) is 7.86. The Morgan fingerprint density at radius 2 is 1.86 bits per heavy atom. The molecule has 4 heteroatoms. The topological polar surface area (TPSA) is 57.8 Å². The molecule has 118 valence electrons. The van der Waals surface area contributed by atoms with Crippen molar-refractivity contribution in [2.24, 2.45) is 0 Å². The van der Waals surface area contributed by atoms with Crippen LogP contribution in [0.1, 0.15) is 51.8 Å². The van der Waals surface area contributed by atoms with Crippen LogP contribution >= 0.6 is 0 Å². The molecule has 0 saturated carbocycles. The summed E-state index contributed by atoms with van der Waals surface area (Å²) in [5.74, 6) is 0.502. The van der Waals surface area contributed by atoms with E-state index in [9.17, 15) is 4.79 Å². The van der Waals surface area contributed by atoms with Crippen LogP contribution < -0.4 is 10.9 Å². The quantitative estimate of drug-likeness (QED) is 0.872. The molecule has 0 radical (unpaired) electrons. The number of aromatic nitrogens is 2. The van der Waals surface area contributed by atoms with Crippen molar-refractivity contribution in [2.75, 3.05) is 5.32 Å². The van der Waals surface area contributed by atoms with Gasteiger partial charge in [0.2, 0.25) is 5.95 Å². The molecule has 1 aromatic heterocycles. The normalized spacial score (nSPS) is 11.5. The molecule has 0 bridgehead atoms. The number of aryl methyl sites for hydroxylation is 1. The van der Waals surface area contributed by atoms with Crippen molar-refractivity contribution in [3.05, 3.63) is 51.9 Å². The van der Waals surface area contributed by atoms with Gasteiger partial charge in [0, 0.05) is 17.4 Å². The zero-order valence-electron chi connectivity index (χ0n) is 13.9. The third-order valence-corrected chi connectivity index (χ3v) is 3.59. The molecule has 1 aromatic carbocycles. The summed E-state index contributed by atoms with van der Waals surface area (Å²) in [5, 5.41) is 3.17. The lowest BCUT2D eigenvalue weighted by Crippen LogP contribution is -2.13. The van der Waals surface area contributed by atoms with Crippen molar-refractivity contribution < 1.29 is 0 Å². The van der Waals surface area contributed by atoms with Crippen molar-refractivity contribution in [1.29, 1.82) is 0 Å². The molecule has 0 spiro atoms. The first kappa shape index (κ1) is 16.3. The van der Waals surface area contributed by atoms with E-state index in [1.807, 2.05) is 12.1 Å². The van der Waals surface area contributed by atoms with Gasteiger partial charge in [-0.25, -0.2) is 4.98 Å². The molecule has 0 aliphatic heterocycles. The first-order valence-corrected chi connectivity index (χ1v) is 7.86. The largest absolute Gasteiger partial charge is 0.326 e. The Balaban J connectivity index is 2.16. The number of anilines is 2. The number of nitrogens with one attached hydrogen (secondary N) is 2. The molecule has 0 saturated heterocycles. The van der Waals surface area contributed by atoms with E-state index < -0.39 is 0 Å². The van der Waals surface area contributed by atoms with E-state index in [1.165, 1.54) is 5.56 Å². The van der Waals surface area contributed by atoms with Crippen molar-refractivity contribution in [2.45, 2.75) is 52.4 Å². The Bertz CT molecular complexity index is 666. The minimum absolute atomic E-state index is 0.116. The van der Waals surface area contributed by atoms with E-state index in [2.05, 4.69) is 55.1 Å². The maximum Gasteiger partial charge on any atom is 0.252 e. The van der Waals surface area contributed by atoms with Crippen molar-refractivity contribution in [3.63, 3.8) is 0 Å². The van der Waals surface area contributed by atoms with Gasteiger partial charge in [-0.15, -0.1) is 0 Å². The molecule has 22 heavy (non-hydrogen) atoms. The van der Waals surface area contributed by atoms with Crippen LogP contribution in [-0.2, 0) is 11.8 Å². The summed E-state index contributed by atoms with van der Waals surface area (Å²) in [6, 6.07) is 9.80. The van der Waals surface area contributed by atoms with Crippen LogP contribution in [0.3, 0.4) is 0 Å². The Labute approximate surface area is 132 Å². The highest BCUT2D eigenvalue weighted by molar-refractivity contribution is 5.54. The van der Waals surface area contributed by atoms with E-state index in [0.717, 1.165) is 30.6 Å². The predicted molar refractivity (Wildman–Crippen MR) is 91.9 cm³/mol. The second-order valence-electron chi connectivity index (χ2n) is 6.64. The molecule has 0 fully saturated rings. The van der Waals surface area contributed by atoms with Gasteiger partial charge in [-0.2, -0.15) is 0 Å². The zero-order chi connectivity index (χ0) is 16.2. The van der Waals surface area contributed by atoms with Gasteiger partial charge in [0.1, 0.15) is 0 Å². The number of hydrogen-bond donors (Lipinski definition) is 2. The molecular formula is C18H25N3O. The summed E-state index contributed by atoms with van der Waals surface area (Å²) in [7, 11) is 0. The summed E-state index contributed by atoms with van der Waals surface area (Å²) in [6.45, 7) is 8.69. The summed E-state index contributed by atoms with van der Waals surface area (Å²) < 4.78 is 0. The molecule has 1 heterocycles. The molecule has 0 amide bonds. The minimum Gasteiger partial charge on any atom is -0.326 e. The maximum atomic E-state index is 11.7. The molecule has 0 aliphatic rings. The van der Waals surface area contributed by atoms with Gasteiger partial charge in [-0.3, -0.25) is 9.78 Å². The Kier molecular flexibility index (Phi) is 5.01. The number of H-pyrrole nitrogens is 1. The molecule has 0 aliphatic carbocycles. The van der Waals surface area contributed by atoms with Gasteiger partial charge in [0.05, 0.1) is 0 Å². The lowest BCUT2D eigenvalue weighted by Gasteiger charge is -2.19. The van der Waals surface area contributed by atoms with Crippen LogP contribution in [0.25, 0.3) is 0 Å². The number of hydrogen-bond acceptors (Lipinski definition) is 3. The SMILES string of the molecule is CCCCc1cc(=O)[nH]c(Nc2ccc(C(C)(C)C)cc2)n1. The monoisotopic (exact) mass is 299 g/mol. The Hall–Kier alpha value is -2.10. The lowest BCUT2D eigenvalue weighted by atomic mass is 9.87. The molecular weight excluding hydrogens is 274 g/mol. The summed E-state index contributed by atoms with van der Waals surface area (Å²) in [4.78, 5) is 18.9. The van der Waals surface area contributed by atoms with Crippen molar-refractivity contribution in [1.82, 2.24) is 9.97 Å². The first-order chi connectivity index (χ1) is 10.4. The maximum absolute atomic E-state index is 11.7. The molecule has 0 unspecified atom stereocenters. The zero-order valence-corrected chi connectivity index (χ0v) is 13.9. The van der Waals surface area contributed by atoms with E-state index in [-0.39, 0.29) is 11.0 Å². The summed E-state index contributed by atoms with van der Waals surface area (Å²) in [6.07, 6.45) is 2.96. The van der Waals surface area contributed by atoms with Crippen LogP contribution in [0.15, 0.2) is 35.1 Å². The fourth-order valence-corrected chi connectivity index (χ4v) is 2.24. The van der Waals surface area contributed by atoms with E-state index in [4.69, 9.17) is 0 Å². The third-order valence-electron chi connectivity index (χ3n) is 3.59. The number of rotatable bonds is 5. The number of aromatic amines is 1. The molecule has 2 rings (SSSR count). The van der Waals surface area contributed by atoms with Crippen LogP contribution in [0.2, 0.25) is 0 Å². The van der Waals surface area contributed by atoms with Gasteiger partial charge in [-0.1, -0.05) is 46.2 Å². The Morgan fingerprint density at radius 1 is 1.18 bits per heavy atom. The Morgan fingerprint density at radius 3 is 2.45 bits per heavy atom. The van der Waals surface area contributed by atoms with Crippen molar-refractivity contribution >= 4 is 11.6 Å². The number of benzene rings is 1. The summed E-state index contributed by atoms with van der Waals surface area (Å²) >= 11 is 0. The average molecular weight is 299 g/mol. The van der Waals surface area contributed by atoms with Crippen LogP contribution in [0, 0.1) is 0 Å². The molecule has 2 aromatic rings. The van der Waals surface area contributed by atoms with Gasteiger partial charge < -0.3 is 5.32 Å². The van der Waals surface area contributed by atoms with Gasteiger partial charge in [-0.05, 0) is 36.0 Å².